The minimum atomic E-state index is -1.35. The number of aliphatic hydroxyl groups excluding tert-OH is 1. The lowest BCUT2D eigenvalue weighted by molar-refractivity contribution is -0.141. The van der Waals surface area contributed by atoms with Crippen LogP contribution in [0, 0.1) is 0 Å². The molecule has 0 spiro atoms. The van der Waals surface area contributed by atoms with Crippen LogP contribution in [0.4, 0.5) is 10.5 Å². The first-order valence-corrected chi connectivity index (χ1v) is 11.1. The smallest absolute Gasteiger partial charge is 0.408 e. The highest BCUT2D eigenvalue weighted by Gasteiger charge is 2.35. The van der Waals surface area contributed by atoms with Crippen LogP contribution in [-0.4, -0.2) is 64.9 Å². The summed E-state index contributed by atoms with van der Waals surface area (Å²) in [5.74, 6) is -0.722. The van der Waals surface area contributed by atoms with E-state index in [9.17, 15) is 24.6 Å². The summed E-state index contributed by atoms with van der Waals surface area (Å²) in [6, 6.07) is 10.1. The van der Waals surface area contributed by atoms with Crippen LogP contribution in [0.25, 0.3) is 0 Å². The molecule has 2 rings (SSSR count). The van der Waals surface area contributed by atoms with Gasteiger partial charge in [0.05, 0.1) is 13.7 Å². The van der Waals surface area contributed by atoms with Crippen LogP contribution in [0.5, 0.6) is 11.5 Å². The van der Waals surface area contributed by atoms with Gasteiger partial charge in [0, 0.05) is 12.2 Å². The van der Waals surface area contributed by atoms with E-state index in [2.05, 4.69) is 10.6 Å². The second-order valence-electron chi connectivity index (χ2n) is 8.72. The summed E-state index contributed by atoms with van der Waals surface area (Å²) in [7, 11) is 1.53. The van der Waals surface area contributed by atoms with Crippen molar-refractivity contribution in [3.8, 4) is 11.5 Å². The second kappa shape index (κ2) is 12.1. The zero-order chi connectivity index (χ0) is 26.2. The number of alkyl carbamates (subject to hydrolysis) is 1. The van der Waals surface area contributed by atoms with Crippen LogP contribution >= 0.6 is 0 Å². The number of carbonyl (C=O) groups is 3. The molecule has 0 radical (unpaired) electrons. The monoisotopic (exact) mass is 487 g/mol. The molecule has 0 heterocycles. The molecular formula is C25H33N3O7. The van der Waals surface area contributed by atoms with Crippen molar-refractivity contribution in [3.63, 3.8) is 0 Å². The number of ether oxygens (including phenoxy) is 2. The van der Waals surface area contributed by atoms with Crippen molar-refractivity contribution in [1.82, 2.24) is 10.2 Å². The molecule has 0 bridgehead atoms. The predicted octanol–water partition coefficient (Wildman–Crippen LogP) is 2.81. The third kappa shape index (κ3) is 7.89. The van der Waals surface area contributed by atoms with Crippen LogP contribution in [-0.2, 0) is 14.3 Å². The Hall–Kier alpha value is -3.79. The van der Waals surface area contributed by atoms with Crippen LogP contribution in [0.3, 0.4) is 0 Å². The first kappa shape index (κ1) is 27.5. The lowest BCUT2D eigenvalue weighted by atomic mass is 10.0. The van der Waals surface area contributed by atoms with E-state index in [-0.39, 0.29) is 12.3 Å². The number of hydrogen-bond acceptors (Lipinski definition) is 7. The fraction of sp³-hybridized carbons (Fsp3) is 0.400. The molecule has 4 N–H and O–H groups in total. The van der Waals surface area contributed by atoms with Crippen molar-refractivity contribution in [2.45, 2.75) is 45.4 Å². The minimum Gasteiger partial charge on any atom is -0.508 e. The first-order chi connectivity index (χ1) is 16.5. The number of phenols is 1. The van der Waals surface area contributed by atoms with Gasteiger partial charge >= 0.3 is 6.09 Å². The fourth-order valence-corrected chi connectivity index (χ4v) is 3.35. The van der Waals surface area contributed by atoms with Gasteiger partial charge in [0.2, 0.25) is 5.91 Å². The van der Waals surface area contributed by atoms with Crippen molar-refractivity contribution in [3.05, 3.63) is 54.1 Å². The SMILES string of the molecule is CCN(C(=O)C(CO)NC(=O)OC(C)(C)C)C(C(=O)Nc1ccc(OC)cc1)c1cccc(O)c1. The summed E-state index contributed by atoms with van der Waals surface area (Å²) in [6.07, 6.45) is -0.877. The summed E-state index contributed by atoms with van der Waals surface area (Å²) in [5, 5.41) is 25.0. The van der Waals surface area contributed by atoms with E-state index in [1.165, 1.54) is 24.1 Å². The Labute approximate surface area is 204 Å². The summed E-state index contributed by atoms with van der Waals surface area (Å²) >= 11 is 0. The number of hydrogen-bond donors (Lipinski definition) is 4. The van der Waals surface area contributed by atoms with Gasteiger partial charge in [0.1, 0.15) is 29.2 Å². The van der Waals surface area contributed by atoms with Gasteiger partial charge in [-0.3, -0.25) is 9.59 Å². The number of nitrogens with one attached hydrogen (secondary N) is 2. The topological polar surface area (TPSA) is 137 Å². The fourth-order valence-electron chi connectivity index (χ4n) is 3.35. The highest BCUT2D eigenvalue weighted by atomic mass is 16.6. The van der Waals surface area contributed by atoms with E-state index >= 15 is 0 Å². The highest BCUT2D eigenvalue weighted by molar-refractivity contribution is 5.99. The maximum atomic E-state index is 13.4. The molecule has 190 valence electrons. The van der Waals surface area contributed by atoms with Crippen molar-refractivity contribution in [2.75, 3.05) is 25.6 Å². The lowest BCUT2D eigenvalue weighted by Gasteiger charge is -2.33. The number of rotatable bonds is 9. The number of amides is 3. The molecule has 35 heavy (non-hydrogen) atoms. The van der Waals surface area contributed by atoms with Gasteiger partial charge in [-0.05, 0) is 69.7 Å². The van der Waals surface area contributed by atoms with E-state index in [1.54, 1.807) is 64.1 Å². The van der Waals surface area contributed by atoms with Gasteiger partial charge in [0.25, 0.3) is 5.91 Å². The number of likely N-dealkylation sites (N-methyl/N-ethyl adjacent to an activating group) is 1. The number of anilines is 1. The number of aromatic hydroxyl groups is 1. The Balaban J connectivity index is 2.37. The van der Waals surface area contributed by atoms with E-state index in [4.69, 9.17) is 9.47 Å². The third-order valence-electron chi connectivity index (χ3n) is 4.90. The molecule has 0 aliphatic rings. The molecule has 0 aromatic heterocycles. The van der Waals surface area contributed by atoms with Gasteiger partial charge in [-0.25, -0.2) is 4.79 Å². The maximum Gasteiger partial charge on any atom is 0.408 e. The van der Waals surface area contributed by atoms with Crippen LogP contribution in [0.1, 0.15) is 39.3 Å². The zero-order valence-corrected chi connectivity index (χ0v) is 20.6. The Kier molecular flexibility index (Phi) is 9.47. The van der Waals surface area contributed by atoms with Crippen molar-refractivity contribution < 1.29 is 34.1 Å². The van der Waals surface area contributed by atoms with Crippen LogP contribution < -0.4 is 15.4 Å². The zero-order valence-electron chi connectivity index (χ0n) is 20.6. The summed E-state index contributed by atoms with van der Waals surface area (Å²) < 4.78 is 10.3. The molecule has 2 atom stereocenters. The number of methoxy groups -OCH3 is 1. The molecule has 2 aromatic carbocycles. The lowest BCUT2D eigenvalue weighted by Crippen LogP contribution is -2.53. The van der Waals surface area contributed by atoms with Crippen molar-refractivity contribution in [1.29, 1.82) is 0 Å². The Morgan fingerprint density at radius 1 is 1.09 bits per heavy atom. The molecule has 2 aromatic rings. The average Bonchev–Trinajstić information content (AvgIpc) is 2.79. The average molecular weight is 488 g/mol. The van der Waals surface area contributed by atoms with Gasteiger partial charge in [-0.2, -0.15) is 0 Å². The van der Waals surface area contributed by atoms with E-state index in [1.807, 2.05) is 0 Å². The number of aliphatic hydroxyl groups is 1. The van der Waals surface area contributed by atoms with E-state index < -0.39 is 42.2 Å². The minimum absolute atomic E-state index is 0.0711. The van der Waals surface area contributed by atoms with Gasteiger partial charge < -0.3 is 35.2 Å². The molecule has 3 amide bonds. The quantitative estimate of drug-likeness (QED) is 0.427. The molecule has 0 saturated heterocycles. The number of benzene rings is 2. The van der Waals surface area contributed by atoms with Gasteiger partial charge in [0.15, 0.2) is 0 Å². The van der Waals surface area contributed by atoms with Crippen LogP contribution in [0.15, 0.2) is 48.5 Å². The maximum absolute atomic E-state index is 13.4. The number of phenolic OH excluding ortho intramolecular Hbond substituents is 1. The summed E-state index contributed by atoms with van der Waals surface area (Å²) in [5.41, 5.74) is 0.00939. The van der Waals surface area contributed by atoms with E-state index in [0.29, 0.717) is 17.0 Å². The molecule has 2 unspecified atom stereocenters. The first-order valence-electron chi connectivity index (χ1n) is 11.1. The Morgan fingerprint density at radius 3 is 2.26 bits per heavy atom. The van der Waals surface area contributed by atoms with Gasteiger partial charge in [-0.15, -0.1) is 0 Å². The number of nitrogens with zero attached hydrogens (tertiary/aromatic N) is 1. The van der Waals surface area contributed by atoms with E-state index in [0.717, 1.165) is 0 Å². The summed E-state index contributed by atoms with van der Waals surface area (Å²) in [6.45, 7) is 6.03. The summed E-state index contributed by atoms with van der Waals surface area (Å²) in [4.78, 5) is 40.2. The largest absolute Gasteiger partial charge is 0.508 e. The normalized spacial score (nSPS) is 12.7. The molecule has 0 aliphatic heterocycles. The van der Waals surface area contributed by atoms with Crippen LogP contribution in [0.2, 0.25) is 0 Å². The predicted molar refractivity (Wildman–Crippen MR) is 130 cm³/mol. The molecule has 10 nitrogen and oxygen atoms in total. The second-order valence-corrected chi connectivity index (χ2v) is 8.72. The Morgan fingerprint density at radius 2 is 1.74 bits per heavy atom. The molecule has 0 aliphatic carbocycles. The number of carbonyl (C=O) groups excluding carboxylic acids is 3. The van der Waals surface area contributed by atoms with Gasteiger partial charge in [-0.1, -0.05) is 12.1 Å². The van der Waals surface area contributed by atoms with Crippen molar-refractivity contribution >= 4 is 23.6 Å². The third-order valence-corrected chi connectivity index (χ3v) is 4.90. The Bertz CT molecular complexity index is 1020. The molecule has 10 heteroatoms. The standard InChI is InChI=1S/C25H33N3O7/c1-6-28(23(32)20(15-29)27-24(33)35-25(2,3)4)21(16-8-7-9-18(30)14-16)22(31)26-17-10-12-19(34-5)13-11-17/h7-14,20-21,29-30H,6,15H2,1-5H3,(H,26,31)(H,27,33). The molecule has 0 fully saturated rings. The highest BCUT2D eigenvalue weighted by Crippen LogP contribution is 2.27. The van der Waals surface area contributed by atoms with Crippen molar-refractivity contribution in [2.24, 2.45) is 0 Å². The molecule has 0 saturated carbocycles. The molecular weight excluding hydrogens is 454 g/mol.